The third-order valence-electron chi connectivity index (χ3n) is 3.15. The van der Waals surface area contributed by atoms with Crippen LogP contribution < -0.4 is 5.32 Å². The number of nitrogens with one attached hydrogen (secondary N) is 1. The van der Waals surface area contributed by atoms with Gasteiger partial charge >= 0.3 is 5.97 Å². The van der Waals surface area contributed by atoms with E-state index in [-0.39, 0.29) is 0 Å². The van der Waals surface area contributed by atoms with Crippen molar-refractivity contribution in [2.45, 2.75) is 25.6 Å². The van der Waals surface area contributed by atoms with Crippen LogP contribution in [0.3, 0.4) is 0 Å². The topological polar surface area (TPSA) is 54.3 Å². The number of fused-ring (bicyclic) bond motifs is 1. The molecule has 17 heavy (non-hydrogen) atoms. The number of carboxylic acids is 1. The minimum atomic E-state index is -0.876. The van der Waals surface area contributed by atoms with Crippen molar-refractivity contribution in [3.05, 3.63) is 36.0 Å². The van der Waals surface area contributed by atoms with Crippen LogP contribution in [0, 0.1) is 0 Å². The van der Waals surface area contributed by atoms with Crippen molar-refractivity contribution in [1.29, 1.82) is 0 Å². The van der Waals surface area contributed by atoms with E-state index in [0.717, 1.165) is 10.9 Å². The van der Waals surface area contributed by atoms with Crippen LogP contribution in [-0.2, 0) is 6.67 Å². The van der Waals surface area contributed by atoms with Crippen molar-refractivity contribution in [3.8, 4) is 0 Å². The molecule has 2 aromatic rings. The van der Waals surface area contributed by atoms with E-state index in [9.17, 15) is 9.90 Å². The minimum absolute atomic E-state index is 0.347. The van der Waals surface area contributed by atoms with Gasteiger partial charge in [-0.25, -0.2) is 4.79 Å². The van der Waals surface area contributed by atoms with Gasteiger partial charge in [0.25, 0.3) is 0 Å². The van der Waals surface area contributed by atoms with Crippen LogP contribution >= 0.6 is 0 Å². The Morgan fingerprint density at radius 2 is 2.18 bits per heavy atom. The van der Waals surface area contributed by atoms with Gasteiger partial charge in [0.1, 0.15) is 5.69 Å². The molecule has 1 aliphatic rings. The highest BCUT2D eigenvalue weighted by Gasteiger charge is 2.21. The monoisotopic (exact) mass is 230 g/mol. The summed E-state index contributed by atoms with van der Waals surface area (Å²) in [5.41, 5.74) is 1.32. The number of hydrogen-bond acceptors (Lipinski definition) is 2. The third-order valence-corrected chi connectivity index (χ3v) is 3.15. The molecule has 0 unspecified atom stereocenters. The zero-order valence-electron chi connectivity index (χ0n) is 9.39. The van der Waals surface area contributed by atoms with Gasteiger partial charge in [-0.3, -0.25) is 5.32 Å². The van der Waals surface area contributed by atoms with Crippen molar-refractivity contribution in [3.63, 3.8) is 0 Å². The Hall–Kier alpha value is -1.81. The third kappa shape index (κ3) is 1.91. The van der Waals surface area contributed by atoms with Crippen molar-refractivity contribution in [1.82, 2.24) is 9.88 Å². The number of para-hydroxylation sites is 1. The fourth-order valence-corrected chi connectivity index (χ4v) is 2.07. The van der Waals surface area contributed by atoms with Gasteiger partial charge in [-0.15, -0.1) is 0 Å². The molecule has 3 rings (SSSR count). The summed E-state index contributed by atoms with van der Waals surface area (Å²) in [7, 11) is 0. The number of aromatic nitrogens is 1. The van der Waals surface area contributed by atoms with Crippen LogP contribution in [0.4, 0.5) is 0 Å². The molecule has 1 heterocycles. The molecule has 1 aliphatic carbocycles. The Morgan fingerprint density at radius 1 is 1.41 bits per heavy atom. The maximum absolute atomic E-state index is 11.2. The number of benzene rings is 1. The van der Waals surface area contributed by atoms with Crippen LogP contribution in [0.1, 0.15) is 23.3 Å². The van der Waals surface area contributed by atoms with Gasteiger partial charge in [-0.2, -0.15) is 0 Å². The van der Waals surface area contributed by atoms with Crippen molar-refractivity contribution < 1.29 is 9.90 Å². The summed E-state index contributed by atoms with van der Waals surface area (Å²) < 4.78 is 1.83. The summed E-state index contributed by atoms with van der Waals surface area (Å²) in [4.78, 5) is 11.2. The number of carboxylic acid groups (broad SMARTS) is 1. The molecule has 0 radical (unpaired) electrons. The second-order valence-electron chi connectivity index (χ2n) is 4.46. The quantitative estimate of drug-likeness (QED) is 0.845. The van der Waals surface area contributed by atoms with Crippen LogP contribution in [0.5, 0.6) is 0 Å². The molecule has 0 spiro atoms. The summed E-state index contributed by atoms with van der Waals surface area (Å²) in [6.45, 7) is 0.569. The molecule has 1 saturated carbocycles. The average molecular weight is 230 g/mol. The second-order valence-corrected chi connectivity index (χ2v) is 4.46. The number of rotatable bonds is 4. The van der Waals surface area contributed by atoms with E-state index in [1.54, 1.807) is 6.07 Å². The van der Waals surface area contributed by atoms with Gasteiger partial charge in [-0.1, -0.05) is 18.2 Å². The lowest BCUT2D eigenvalue weighted by molar-refractivity contribution is 0.0685. The summed E-state index contributed by atoms with van der Waals surface area (Å²) in [5.74, 6) is -0.876. The number of aromatic carboxylic acids is 1. The SMILES string of the molecule is O=C(O)c1cc2ccccc2n1CNC1CC1. The standard InChI is InChI=1S/C13H14N2O2/c16-13(17)12-7-9-3-1-2-4-11(9)15(12)8-14-10-5-6-10/h1-4,7,10,14H,5-6,8H2,(H,16,17). The predicted molar refractivity (Wildman–Crippen MR) is 65.1 cm³/mol. The molecule has 0 bridgehead atoms. The summed E-state index contributed by atoms with van der Waals surface area (Å²) in [5, 5.41) is 13.5. The van der Waals surface area contributed by atoms with Gasteiger partial charge in [0.15, 0.2) is 0 Å². The van der Waals surface area contributed by atoms with E-state index in [0.29, 0.717) is 18.4 Å². The Bertz CT molecular complexity index is 570. The molecule has 0 atom stereocenters. The smallest absolute Gasteiger partial charge is 0.352 e. The van der Waals surface area contributed by atoms with Gasteiger partial charge in [0, 0.05) is 16.9 Å². The van der Waals surface area contributed by atoms with Gasteiger partial charge in [0.05, 0.1) is 6.67 Å². The minimum Gasteiger partial charge on any atom is -0.477 e. The van der Waals surface area contributed by atoms with Gasteiger partial charge in [0.2, 0.25) is 0 Å². The molecule has 1 aromatic heterocycles. The van der Waals surface area contributed by atoms with Crippen molar-refractivity contribution in [2.24, 2.45) is 0 Å². The maximum atomic E-state index is 11.2. The van der Waals surface area contributed by atoms with Crippen LogP contribution in [0.2, 0.25) is 0 Å². The molecule has 1 fully saturated rings. The largest absolute Gasteiger partial charge is 0.477 e. The lowest BCUT2D eigenvalue weighted by atomic mass is 10.2. The Morgan fingerprint density at radius 3 is 2.88 bits per heavy atom. The van der Waals surface area contributed by atoms with E-state index >= 15 is 0 Å². The predicted octanol–water partition coefficient (Wildman–Crippen LogP) is 2.05. The zero-order chi connectivity index (χ0) is 11.8. The van der Waals surface area contributed by atoms with Crippen LogP contribution in [0.15, 0.2) is 30.3 Å². The lowest BCUT2D eigenvalue weighted by Crippen LogP contribution is -2.22. The molecular formula is C13H14N2O2. The van der Waals surface area contributed by atoms with E-state index in [2.05, 4.69) is 5.32 Å². The van der Waals surface area contributed by atoms with Crippen molar-refractivity contribution in [2.75, 3.05) is 0 Å². The Labute approximate surface area is 98.9 Å². The average Bonchev–Trinajstić information content (AvgIpc) is 3.07. The lowest BCUT2D eigenvalue weighted by Gasteiger charge is -2.09. The maximum Gasteiger partial charge on any atom is 0.352 e. The summed E-state index contributed by atoms with van der Waals surface area (Å²) in [6, 6.07) is 10.0. The molecule has 2 N–H and O–H groups in total. The molecule has 0 amide bonds. The van der Waals surface area contributed by atoms with Gasteiger partial charge < -0.3 is 9.67 Å². The van der Waals surface area contributed by atoms with Crippen molar-refractivity contribution >= 4 is 16.9 Å². The molecule has 1 aromatic carbocycles. The zero-order valence-corrected chi connectivity index (χ0v) is 9.39. The first-order valence-corrected chi connectivity index (χ1v) is 5.80. The molecule has 0 saturated heterocycles. The number of nitrogens with zero attached hydrogens (tertiary/aromatic N) is 1. The van der Waals surface area contributed by atoms with E-state index in [4.69, 9.17) is 0 Å². The Kier molecular flexibility index (Phi) is 2.37. The molecule has 4 nitrogen and oxygen atoms in total. The van der Waals surface area contributed by atoms with E-state index in [1.165, 1.54) is 12.8 Å². The van der Waals surface area contributed by atoms with E-state index in [1.807, 2.05) is 28.8 Å². The van der Waals surface area contributed by atoms with Crippen LogP contribution in [-0.4, -0.2) is 21.7 Å². The molecule has 4 heteroatoms. The highest BCUT2D eigenvalue weighted by Crippen LogP contribution is 2.22. The first-order chi connectivity index (χ1) is 8.25. The molecule has 88 valence electrons. The summed E-state index contributed by atoms with van der Waals surface area (Å²) in [6.07, 6.45) is 2.39. The fraction of sp³-hybridized carbons (Fsp3) is 0.308. The Balaban J connectivity index is 2.03. The highest BCUT2D eigenvalue weighted by molar-refractivity contribution is 5.94. The first-order valence-electron chi connectivity index (χ1n) is 5.80. The second kappa shape index (κ2) is 3.89. The molecular weight excluding hydrogens is 216 g/mol. The number of carbonyl (C=O) groups is 1. The number of hydrogen-bond donors (Lipinski definition) is 2. The first kappa shape index (κ1) is 10.4. The van der Waals surface area contributed by atoms with Crippen LogP contribution in [0.25, 0.3) is 10.9 Å². The highest BCUT2D eigenvalue weighted by atomic mass is 16.4. The molecule has 0 aliphatic heterocycles. The normalized spacial score (nSPS) is 15.3. The van der Waals surface area contributed by atoms with Gasteiger partial charge in [-0.05, 0) is 25.0 Å². The summed E-state index contributed by atoms with van der Waals surface area (Å²) >= 11 is 0. The fourth-order valence-electron chi connectivity index (χ4n) is 2.07. The van der Waals surface area contributed by atoms with E-state index < -0.39 is 5.97 Å².